The molecule has 3 aromatic heterocycles. The number of nitrogens with one attached hydrogen (secondary N) is 1. The predicted molar refractivity (Wildman–Crippen MR) is 115 cm³/mol. The van der Waals surface area contributed by atoms with E-state index in [4.69, 9.17) is 9.47 Å². The second-order valence-electron chi connectivity index (χ2n) is 7.82. The Morgan fingerprint density at radius 1 is 1.38 bits per heavy atom. The molecule has 2 atom stereocenters. The van der Waals surface area contributed by atoms with Crippen LogP contribution in [-0.4, -0.2) is 47.3 Å². The molecule has 1 aliphatic heterocycles. The van der Waals surface area contributed by atoms with Crippen molar-refractivity contribution in [3.05, 3.63) is 46.0 Å². The number of morpholine rings is 1. The van der Waals surface area contributed by atoms with Crippen LogP contribution < -0.4 is 5.32 Å². The number of rotatable bonds is 5. The van der Waals surface area contributed by atoms with Gasteiger partial charge in [-0.1, -0.05) is 6.92 Å². The molecule has 154 valence electrons. The van der Waals surface area contributed by atoms with Gasteiger partial charge < -0.3 is 19.2 Å². The number of hydrogen-bond donors (Lipinski definition) is 1. The van der Waals surface area contributed by atoms with Crippen LogP contribution in [0, 0.1) is 6.92 Å². The molecule has 2 unspecified atom stereocenters. The number of fused-ring (bicyclic) bond motifs is 1. The Kier molecular flexibility index (Phi) is 5.72. The Bertz CT molecular complexity index is 1000. The second-order valence-corrected chi connectivity index (χ2v) is 8.54. The first-order valence-corrected chi connectivity index (χ1v) is 11.0. The van der Waals surface area contributed by atoms with Gasteiger partial charge in [-0.3, -0.25) is 0 Å². The Morgan fingerprint density at radius 2 is 2.21 bits per heavy atom. The van der Waals surface area contributed by atoms with Crippen molar-refractivity contribution in [1.82, 2.24) is 14.7 Å². The van der Waals surface area contributed by atoms with Gasteiger partial charge >= 0.3 is 5.97 Å². The van der Waals surface area contributed by atoms with Crippen LogP contribution in [0.25, 0.3) is 16.8 Å². The van der Waals surface area contributed by atoms with Gasteiger partial charge in [0.05, 0.1) is 35.6 Å². The van der Waals surface area contributed by atoms with Crippen LogP contribution in [0.1, 0.15) is 48.3 Å². The number of nitrogens with zero attached hydrogens (tertiary/aromatic N) is 2. The first-order valence-electron chi connectivity index (χ1n) is 10.0. The quantitative estimate of drug-likeness (QED) is 0.640. The molecule has 1 N–H and O–H groups in total. The van der Waals surface area contributed by atoms with Crippen molar-refractivity contribution >= 4 is 22.8 Å². The van der Waals surface area contributed by atoms with Crippen LogP contribution in [0.2, 0.25) is 0 Å². The zero-order valence-corrected chi connectivity index (χ0v) is 18.1. The average molecular weight is 414 g/mol. The molecule has 0 aromatic carbocycles. The summed E-state index contributed by atoms with van der Waals surface area (Å²) in [6.45, 7) is 10.3. The van der Waals surface area contributed by atoms with Crippen molar-refractivity contribution in [1.29, 1.82) is 0 Å². The monoisotopic (exact) mass is 413 g/mol. The van der Waals surface area contributed by atoms with E-state index in [1.165, 1.54) is 0 Å². The molecule has 0 saturated carbocycles. The lowest BCUT2D eigenvalue weighted by Gasteiger charge is -2.31. The van der Waals surface area contributed by atoms with Crippen LogP contribution in [0.5, 0.6) is 0 Å². The van der Waals surface area contributed by atoms with E-state index in [-0.39, 0.29) is 24.1 Å². The maximum atomic E-state index is 12.8. The summed E-state index contributed by atoms with van der Waals surface area (Å²) in [6, 6.07) is 4.00. The fourth-order valence-electron chi connectivity index (χ4n) is 4.00. The van der Waals surface area contributed by atoms with Gasteiger partial charge in [-0.15, -0.1) is 11.3 Å². The lowest BCUT2D eigenvalue weighted by Crippen LogP contribution is -2.41. The predicted octanol–water partition coefficient (Wildman–Crippen LogP) is 4.03. The van der Waals surface area contributed by atoms with Crippen molar-refractivity contribution < 1.29 is 14.3 Å². The van der Waals surface area contributed by atoms with Gasteiger partial charge in [0.15, 0.2) is 0 Å². The number of pyridine rings is 1. The number of hydrogen-bond acceptors (Lipinski definition) is 6. The lowest BCUT2D eigenvalue weighted by molar-refractivity contribution is 0.0134. The highest BCUT2D eigenvalue weighted by Gasteiger charge is 2.28. The minimum absolute atomic E-state index is 0.0483. The highest BCUT2D eigenvalue weighted by Crippen LogP contribution is 2.32. The Balaban J connectivity index is 1.86. The van der Waals surface area contributed by atoms with E-state index in [1.54, 1.807) is 11.3 Å². The van der Waals surface area contributed by atoms with Crippen molar-refractivity contribution in [2.24, 2.45) is 0 Å². The van der Waals surface area contributed by atoms with Crippen LogP contribution in [0.4, 0.5) is 0 Å². The molecule has 6 nitrogen and oxygen atoms in total. The van der Waals surface area contributed by atoms with Crippen molar-refractivity contribution in [2.45, 2.75) is 45.8 Å². The number of esters is 1. The second kappa shape index (κ2) is 8.26. The van der Waals surface area contributed by atoms with Crippen molar-refractivity contribution in [2.75, 3.05) is 19.7 Å². The van der Waals surface area contributed by atoms with E-state index in [0.29, 0.717) is 12.2 Å². The smallest absolute Gasteiger partial charge is 0.338 e. The van der Waals surface area contributed by atoms with Gasteiger partial charge in [0.1, 0.15) is 0 Å². The van der Waals surface area contributed by atoms with Crippen molar-refractivity contribution in [3.63, 3.8) is 0 Å². The zero-order chi connectivity index (χ0) is 20.5. The van der Waals surface area contributed by atoms with E-state index in [1.807, 2.05) is 37.7 Å². The largest absolute Gasteiger partial charge is 0.459 e. The molecule has 1 saturated heterocycles. The van der Waals surface area contributed by atoms with E-state index in [9.17, 15) is 4.79 Å². The molecule has 3 aromatic rings. The van der Waals surface area contributed by atoms with Crippen LogP contribution in [0.15, 0.2) is 29.2 Å². The van der Waals surface area contributed by atoms with Crippen LogP contribution >= 0.6 is 11.3 Å². The summed E-state index contributed by atoms with van der Waals surface area (Å²) >= 11 is 1.57. The molecule has 7 heteroatoms. The molecular formula is C22H27N3O3S. The molecule has 4 rings (SSSR count). The fraction of sp³-hybridized carbons (Fsp3) is 0.455. The maximum absolute atomic E-state index is 12.8. The molecule has 0 amide bonds. The third kappa shape index (κ3) is 3.95. The van der Waals surface area contributed by atoms with Gasteiger partial charge in [0.2, 0.25) is 0 Å². The van der Waals surface area contributed by atoms with Crippen LogP contribution in [0.3, 0.4) is 0 Å². The fourth-order valence-corrected chi connectivity index (χ4v) is 4.56. The molecular weight excluding hydrogens is 386 g/mol. The normalized spacial score (nSPS) is 18.3. The zero-order valence-electron chi connectivity index (χ0n) is 17.3. The number of carbonyl (C=O) groups is 1. The lowest BCUT2D eigenvalue weighted by atomic mass is 9.93. The van der Waals surface area contributed by atoms with E-state index in [2.05, 4.69) is 33.9 Å². The Labute approximate surface area is 174 Å². The van der Waals surface area contributed by atoms with E-state index >= 15 is 0 Å². The SMILES string of the molecule is Cc1c(C(=O)OC(C)C)cc2cc(-c3cscn3)cn2c1C(C)C1CNCCO1. The molecule has 4 heterocycles. The van der Waals surface area contributed by atoms with Gasteiger partial charge in [0, 0.05) is 47.4 Å². The van der Waals surface area contributed by atoms with Crippen LogP contribution in [-0.2, 0) is 9.47 Å². The topological polar surface area (TPSA) is 64.9 Å². The van der Waals surface area contributed by atoms with Gasteiger partial charge in [-0.25, -0.2) is 9.78 Å². The molecule has 1 aliphatic rings. The minimum atomic E-state index is -0.285. The summed E-state index contributed by atoms with van der Waals surface area (Å²) in [6.07, 6.45) is 1.99. The molecule has 29 heavy (non-hydrogen) atoms. The number of ether oxygens (including phenoxy) is 2. The van der Waals surface area contributed by atoms with Gasteiger partial charge in [-0.05, 0) is 38.5 Å². The van der Waals surface area contributed by atoms with Gasteiger partial charge in [0.25, 0.3) is 0 Å². The molecule has 0 aliphatic carbocycles. The van der Waals surface area contributed by atoms with E-state index in [0.717, 1.165) is 41.1 Å². The summed E-state index contributed by atoms with van der Waals surface area (Å²) in [5, 5.41) is 5.44. The third-order valence-electron chi connectivity index (χ3n) is 5.43. The highest BCUT2D eigenvalue weighted by atomic mass is 32.1. The number of thiazole rings is 1. The first-order chi connectivity index (χ1) is 14.0. The molecule has 0 radical (unpaired) electrons. The summed E-state index contributed by atoms with van der Waals surface area (Å²) in [5.41, 5.74) is 7.39. The highest BCUT2D eigenvalue weighted by molar-refractivity contribution is 7.07. The number of aromatic nitrogens is 2. The van der Waals surface area contributed by atoms with E-state index < -0.39 is 0 Å². The minimum Gasteiger partial charge on any atom is -0.459 e. The average Bonchev–Trinajstić information content (AvgIpc) is 3.36. The molecule has 0 spiro atoms. The Hall–Kier alpha value is -2.22. The van der Waals surface area contributed by atoms with Gasteiger partial charge in [-0.2, -0.15) is 0 Å². The first kappa shape index (κ1) is 20.1. The molecule has 0 bridgehead atoms. The summed E-state index contributed by atoms with van der Waals surface area (Å²) in [5.74, 6) is -0.180. The summed E-state index contributed by atoms with van der Waals surface area (Å²) in [4.78, 5) is 17.3. The third-order valence-corrected chi connectivity index (χ3v) is 6.01. The van der Waals surface area contributed by atoms with Crippen molar-refractivity contribution in [3.8, 4) is 11.3 Å². The molecule has 1 fully saturated rings. The number of carbonyl (C=O) groups excluding carboxylic acids is 1. The summed E-state index contributed by atoms with van der Waals surface area (Å²) < 4.78 is 13.7. The standard InChI is InChI=1S/C22H27N3O3S/c1-13(2)28-22(26)18-8-17-7-16(19-11-29-12-24-19)10-25(17)21(14(18)3)15(4)20-9-23-5-6-27-20/h7-8,10-13,15,20,23H,5-6,9H2,1-4H3. The Morgan fingerprint density at radius 3 is 2.86 bits per heavy atom. The maximum Gasteiger partial charge on any atom is 0.338 e. The summed E-state index contributed by atoms with van der Waals surface area (Å²) in [7, 11) is 0.